The maximum Gasteiger partial charge on any atom is 0.129 e. The number of hydrogen-bond acceptors (Lipinski definition) is 1. The van der Waals surface area contributed by atoms with Crippen LogP contribution in [-0.2, 0) is 0 Å². The summed E-state index contributed by atoms with van der Waals surface area (Å²) in [5.41, 5.74) is 3.35. The molecule has 1 aliphatic rings. The second-order valence-corrected chi connectivity index (χ2v) is 5.73. The highest BCUT2D eigenvalue weighted by Crippen LogP contribution is 2.37. The second-order valence-electron chi connectivity index (χ2n) is 5.73. The molecule has 0 heterocycles. The molecule has 0 amide bonds. The smallest absolute Gasteiger partial charge is 0.129 e. The minimum atomic E-state index is -0.894. The number of halogens is 1. The van der Waals surface area contributed by atoms with Crippen LogP contribution < -0.4 is 0 Å². The van der Waals surface area contributed by atoms with Crippen LogP contribution in [0.25, 0.3) is 0 Å². The van der Waals surface area contributed by atoms with Crippen molar-refractivity contribution in [1.82, 2.24) is 0 Å². The fraction of sp³-hybridized carbons (Fsp3) is 0.333. The van der Waals surface area contributed by atoms with Crippen molar-refractivity contribution in [3.8, 4) is 0 Å². The summed E-state index contributed by atoms with van der Waals surface area (Å²) in [5.74, 6) is 0.265. The molecule has 0 spiro atoms. The first-order valence-corrected chi connectivity index (χ1v) is 7.19. The normalized spacial score (nSPS) is 16.8. The number of aryl methyl sites for hydroxylation is 1. The third-order valence-corrected chi connectivity index (χ3v) is 4.25. The van der Waals surface area contributed by atoms with Crippen LogP contribution in [0.15, 0.2) is 42.5 Å². The van der Waals surface area contributed by atoms with E-state index in [0.717, 1.165) is 11.1 Å². The zero-order valence-electron chi connectivity index (χ0n) is 11.6. The third-order valence-electron chi connectivity index (χ3n) is 4.25. The van der Waals surface area contributed by atoms with Crippen LogP contribution in [0.3, 0.4) is 0 Å². The maximum atomic E-state index is 13.9. The molecule has 1 N–H and O–H groups in total. The molecule has 1 unspecified atom stereocenters. The van der Waals surface area contributed by atoms with Crippen LogP contribution in [0, 0.1) is 12.7 Å². The molecule has 2 heteroatoms. The van der Waals surface area contributed by atoms with Crippen LogP contribution in [0.5, 0.6) is 0 Å². The fourth-order valence-electron chi connectivity index (χ4n) is 2.78. The molecule has 1 nitrogen and oxygen atoms in total. The summed E-state index contributed by atoms with van der Waals surface area (Å²) in [5, 5.41) is 10.5. The van der Waals surface area contributed by atoms with Gasteiger partial charge in [0.15, 0.2) is 0 Å². The monoisotopic (exact) mass is 270 g/mol. The lowest BCUT2D eigenvalue weighted by atomic mass is 9.79. The van der Waals surface area contributed by atoms with Crippen molar-refractivity contribution >= 4 is 0 Å². The van der Waals surface area contributed by atoms with E-state index in [-0.39, 0.29) is 5.82 Å². The zero-order valence-corrected chi connectivity index (χ0v) is 11.6. The van der Waals surface area contributed by atoms with Gasteiger partial charge in [0.25, 0.3) is 0 Å². The summed E-state index contributed by atoms with van der Waals surface area (Å²) in [6.07, 6.45) is 2.83. The zero-order chi connectivity index (χ0) is 14.1. The van der Waals surface area contributed by atoms with Crippen LogP contribution in [0.4, 0.5) is 4.39 Å². The lowest BCUT2D eigenvalue weighted by Crippen LogP contribution is -2.10. The lowest BCUT2D eigenvalue weighted by molar-refractivity contribution is 0.214. The van der Waals surface area contributed by atoms with Gasteiger partial charge in [-0.1, -0.05) is 48.4 Å². The van der Waals surface area contributed by atoms with Crippen molar-refractivity contribution in [2.45, 2.75) is 38.2 Å². The Morgan fingerprint density at radius 2 is 1.95 bits per heavy atom. The first-order chi connectivity index (χ1) is 9.65. The van der Waals surface area contributed by atoms with Gasteiger partial charge in [0.1, 0.15) is 11.9 Å². The summed E-state index contributed by atoms with van der Waals surface area (Å²) in [6.45, 7) is 1.90. The molecular formula is C18H19FO. The number of benzene rings is 2. The van der Waals surface area contributed by atoms with Gasteiger partial charge in [-0.2, -0.15) is 0 Å². The van der Waals surface area contributed by atoms with E-state index < -0.39 is 6.10 Å². The van der Waals surface area contributed by atoms with E-state index in [1.165, 1.54) is 30.9 Å². The highest BCUT2D eigenvalue weighted by molar-refractivity contribution is 5.36. The summed E-state index contributed by atoms with van der Waals surface area (Å²) >= 11 is 0. The van der Waals surface area contributed by atoms with E-state index in [4.69, 9.17) is 0 Å². The minimum Gasteiger partial charge on any atom is -0.384 e. The largest absolute Gasteiger partial charge is 0.384 e. The van der Waals surface area contributed by atoms with Crippen LogP contribution in [0.1, 0.15) is 53.5 Å². The Morgan fingerprint density at radius 3 is 2.65 bits per heavy atom. The lowest BCUT2D eigenvalue weighted by Gasteiger charge is -2.26. The van der Waals surface area contributed by atoms with Crippen molar-refractivity contribution in [2.75, 3.05) is 0 Å². The Morgan fingerprint density at radius 1 is 1.15 bits per heavy atom. The summed E-state index contributed by atoms with van der Waals surface area (Å²) in [6, 6.07) is 12.8. The molecule has 1 atom stereocenters. The molecule has 2 aromatic carbocycles. The maximum absolute atomic E-state index is 13.9. The molecule has 0 aliphatic heterocycles. The van der Waals surface area contributed by atoms with Gasteiger partial charge < -0.3 is 5.11 Å². The molecule has 1 fully saturated rings. The summed E-state index contributed by atoms with van der Waals surface area (Å²) in [4.78, 5) is 0. The first-order valence-electron chi connectivity index (χ1n) is 7.19. The summed E-state index contributed by atoms with van der Waals surface area (Å²) in [7, 11) is 0. The molecule has 20 heavy (non-hydrogen) atoms. The van der Waals surface area contributed by atoms with Gasteiger partial charge in [0.2, 0.25) is 0 Å². The Kier molecular flexibility index (Phi) is 3.58. The Labute approximate surface area is 119 Å². The highest BCUT2D eigenvalue weighted by Gasteiger charge is 2.21. The molecule has 104 valence electrons. The number of rotatable bonds is 3. The Balaban J connectivity index is 1.93. The molecule has 0 saturated heterocycles. The van der Waals surface area contributed by atoms with Gasteiger partial charge in [-0.15, -0.1) is 0 Å². The second kappa shape index (κ2) is 5.37. The quantitative estimate of drug-likeness (QED) is 0.871. The van der Waals surface area contributed by atoms with E-state index in [9.17, 15) is 9.50 Å². The van der Waals surface area contributed by atoms with E-state index in [0.29, 0.717) is 11.5 Å². The molecular weight excluding hydrogens is 251 g/mol. The Bertz CT molecular complexity index is 617. The van der Waals surface area contributed by atoms with E-state index >= 15 is 0 Å². The minimum absolute atomic E-state index is 0.350. The SMILES string of the molecule is Cc1ccc(F)c(C(O)c2cccc(C3CCC3)c2)c1. The molecule has 2 aromatic rings. The molecule has 0 aromatic heterocycles. The van der Waals surface area contributed by atoms with E-state index in [2.05, 4.69) is 6.07 Å². The number of aliphatic hydroxyl groups is 1. The number of hydrogen-bond donors (Lipinski definition) is 1. The van der Waals surface area contributed by atoms with Gasteiger partial charge in [0.05, 0.1) is 0 Å². The van der Waals surface area contributed by atoms with Crippen LogP contribution >= 0.6 is 0 Å². The van der Waals surface area contributed by atoms with E-state index in [1.807, 2.05) is 25.1 Å². The highest BCUT2D eigenvalue weighted by atomic mass is 19.1. The van der Waals surface area contributed by atoms with Gasteiger partial charge in [-0.05, 0) is 42.9 Å². The van der Waals surface area contributed by atoms with Gasteiger partial charge in [0, 0.05) is 5.56 Å². The van der Waals surface area contributed by atoms with E-state index in [1.54, 1.807) is 12.1 Å². The predicted octanol–water partition coefficient (Wildman–Crippen LogP) is 4.48. The molecule has 0 radical (unpaired) electrons. The van der Waals surface area contributed by atoms with Gasteiger partial charge in [-0.3, -0.25) is 0 Å². The van der Waals surface area contributed by atoms with Gasteiger partial charge >= 0.3 is 0 Å². The third kappa shape index (κ3) is 2.48. The van der Waals surface area contributed by atoms with Crippen LogP contribution in [0.2, 0.25) is 0 Å². The average molecular weight is 270 g/mol. The first kappa shape index (κ1) is 13.3. The van der Waals surface area contributed by atoms with Crippen molar-refractivity contribution in [3.63, 3.8) is 0 Å². The molecule has 3 rings (SSSR count). The van der Waals surface area contributed by atoms with Crippen molar-refractivity contribution in [2.24, 2.45) is 0 Å². The Hall–Kier alpha value is -1.67. The fourth-order valence-corrected chi connectivity index (χ4v) is 2.78. The molecule has 1 saturated carbocycles. The number of aliphatic hydroxyl groups excluding tert-OH is 1. The van der Waals surface area contributed by atoms with Crippen molar-refractivity contribution < 1.29 is 9.50 Å². The van der Waals surface area contributed by atoms with Crippen LogP contribution in [-0.4, -0.2) is 5.11 Å². The van der Waals surface area contributed by atoms with Crippen molar-refractivity contribution in [1.29, 1.82) is 0 Å². The molecule has 1 aliphatic carbocycles. The predicted molar refractivity (Wildman–Crippen MR) is 78.2 cm³/mol. The summed E-state index contributed by atoms with van der Waals surface area (Å²) < 4.78 is 13.9. The molecule has 0 bridgehead atoms. The average Bonchev–Trinajstić information content (AvgIpc) is 2.39. The standard InChI is InChI=1S/C18H19FO/c1-12-8-9-17(19)16(10-12)18(20)15-7-3-6-14(11-15)13-4-2-5-13/h3,6-11,13,18,20H,2,4-5H2,1H3. The van der Waals surface area contributed by atoms with Crippen molar-refractivity contribution in [3.05, 3.63) is 70.5 Å². The van der Waals surface area contributed by atoms with Gasteiger partial charge in [-0.25, -0.2) is 4.39 Å². The topological polar surface area (TPSA) is 20.2 Å².